The topological polar surface area (TPSA) is 51.2 Å². The van der Waals surface area contributed by atoms with Crippen LogP contribution in [0.3, 0.4) is 0 Å². The highest BCUT2D eigenvalue weighted by atomic mass is 127. The Hall–Kier alpha value is -2.13. The molecule has 0 radical (unpaired) electrons. The van der Waals surface area contributed by atoms with Gasteiger partial charge in [-0.2, -0.15) is 0 Å². The van der Waals surface area contributed by atoms with Crippen LogP contribution < -0.4 is 5.32 Å². The van der Waals surface area contributed by atoms with Crippen LogP contribution in [-0.2, 0) is 13.0 Å². The second kappa shape index (κ2) is 13.7. The number of aliphatic imine (C=N–C) groups is 1. The lowest BCUT2D eigenvalue weighted by atomic mass is 10.0. The van der Waals surface area contributed by atoms with E-state index in [2.05, 4.69) is 64.3 Å². The maximum absolute atomic E-state index is 12.2. The highest BCUT2D eigenvalue weighted by Crippen LogP contribution is 2.16. The largest absolute Gasteiger partial charge is 0.356 e. The van der Waals surface area contributed by atoms with E-state index in [-0.39, 0.29) is 29.9 Å². The van der Waals surface area contributed by atoms with E-state index in [9.17, 15) is 4.79 Å². The molecule has 7 heteroatoms. The highest BCUT2D eigenvalue weighted by Gasteiger charge is 2.19. The maximum atomic E-state index is 12.2. The summed E-state index contributed by atoms with van der Waals surface area (Å²) in [6, 6.07) is 16.9. The lowest BCUT2D eigenvalue weighted by Crippen LogP contribution is -2.52. The number of rotatable bonds is 7. The number of piperazine rings is 1. The summed E-state index contributed by atoms with van der Waals surface area (Å²) in [4.78, 5) is 23.2. The van der Waals surface area contributed by atoms with Crippen molar-refractivity contribution in [2.75, 3.05) is 53.9 Å². The second-order valence-corrected chi connectivity index (χ2v) is 9.28. The third-order valence-electron chi connectivity index (χ3n) is 6.21. The quantitative estimate of drug-likeness (QED) is 0.307. The molecular weight excluding hydrogens is 537 g/mol. The number of carbonyl (C=O) groups is 1. The van der Waals surface area contributed by atoms with E-state index in [0.717, 1.165) is 62.8 Å². The van der Waals surface area contributed by atoms with Gasteiger partial charge in [-0.05, 0) is 41.2 Å². The van der Waals surface area contributed by atoms with Crippen molar-refractivity contribution in [1.82, 2.24) is 20.0 Å². The zero-order chi connectivity index (χ0) is 23.8. The van der Waals surface area contributed by atoms with E-state index in [1.54, 1.807) is 19.0 Å². The Morgan fingerprint density at radius 2 is 1.71 bits per heavy atom. The van der Waals surface area contributed by atoms with E-state index in [1.807, 2.05) is 25.2 Å². The number of hydrogen-bond donors (Lipinski definition) is 1. The summed E-state index contributed by atoms with van der Waals surface area (Å²) >= 11 is 0. The molecule has 0 atom stereocenters. The predicted octanol–water partition coefficient (Wildman–Crippen LogP) is 4.07. The van der Waals surface area contributed by atoms with Gasteiger partial charge in [0.05, 0.1) is 0 Å². The molecule has 1 aliphatic heterocycles. The molecule has 1 saturated heterocycles. The summed E-state index contributed by atoms with van der Waals surface area (Å²) in [6.07, 6.45) is 0.847. The first-order chi connectivity index (χ1) is 15.9. The fourth-order valence-corrected chi connectivity index (χ4v) is 4.15. The number of amides is 1. The third-order valence-corrected chi connectivity index (χ3v) is 6.21. The fourth-order valence-electron chi connectivity index (χ4n) is 4.15. The van der Waals surface area contributed by atoms with E-state index in [1.165, 1.54) is 11.1 Å². The Bertz CT molecular complexity index is 934. The molecule has 1 N–H and O–H groups in total. The Morgan fingerprint density at radius 3 is 2.29 bits per heavy atom. The summed E-state index contributed by atoms with van der Waals surface area (Å²) in [5, 5.41) is 3.50. The molecule has 0 bridgehead atoms. The van der Waals surface area contributed by atoms with Crippen LogP contribution >= 0.6 is 24.0 Å². The van der Waals surface area contributed by atoms with E-state index in [4.69, 9.17) is 0 Å². The van der Waals surface area contributed by atoms with Gasteiger partial charge in [0, 0.05) is 66.0 Å². The van der Waals surface area contributed by atoms with Crippen molar-refractivity contribution in [1.29, 1.82) is 0 Å². The highest BCUT2D eigenvalue weighted by molar-refractivity contribution is 14.0. The zero-order valence-corrected chi connectivity index (χ0v) is 23.6. The molecule has 2 aromatic carbocycles. The molecule has 6 nitrogen and oxygen atoms in total. The summed E-state index contributed by atoms with van der Waals surface area (Å²) < 4.78 is 0. The first-order valence-electron chi connectivity index (χ1n) is 11.9. The monoisotopic (exact) mass is 577 g/mol. The number of guanidine groups is 1. The molecule has 0 aliphatic carbocycles. The Labute approximate surface area is 222 Å². The van der Waals surface area contributed by atoms with Crippen LogP contribution in [-0.4, -0.2) is 80.4 Å². The van der Waals surface area contributed by atoms with Crippen LogP contribution in [0, 0.1) is 0 Å². The van der Waals surface area contributed by atoms with E-state index in [0.29, 0.717) is 5.92 Å². The number of hydrogen-bond acceptors (Lipinski definition) is 3. The molecule has 0 aromatic heterocycles. The minimum atomic E-state index is 0. The summed E-state index contributed by atoms with van der Waals surface area (Å²) in [7, 11) is 5.41. The van der Waals surface area contributed by atoms with Crippen LogP contribution in [0.2, 0.25) is 0 Å². The van der Waals surface area contributed by atoms with Gasteiger partial charge < -0.3 is 15.1 Å². The Morgan fingerprint density at radius 1 is 1.03 bits per heavy atom. The molecular formula is C27H40IN5O. The predicted molar refractivity (Wildman–Crippen MR) is 152 cm³/mol. The molecule has 1 amide bonds. The molecule has 2 aromatic rings. The van der Waals surface area contributed by atoms with Crippen molar-refractivity contribution < 1.29 is 4.79 Å². The number of halogens is 1. The van der Waals surface area contributed by atoms with Gasteiger partial charge >= 0.3 is 0 Å². The van der Waals surface area contributed by atoms with Gasteiger partial charge in [-0.15, -0.1) is 24.0 Å². The minimum Gasteiger partial charge on any atom is -0.356 e. The van der Waals surface area contributed by atoms with Gasteiger partial charge in [0.15, 0.2) is 5.96 Å². The minimum absolute atomic E-state index is 0. The summed E-state index contributed by atoms with van der Waals surface area (Å²) in [5.74, 6) is 1.57. The van der Waals surface area contributed by atoms with Crippen LogP contribution in [0.4, 0.5) is 0 Å². The lowest BCUT2D eigenvalue weighted by molar-refractivity contribution is 0.0827. The molecule has 0 unspecified atom stereocenters. The van der Waals surface area contributed by atoms with Gasteiger partial charge in [0.1, 0.15) is 0 Å². The first kappa shape index (κ1) is 28.1. The SMILES string of the molecule is CN=C(NCCc1cccc(C(=O)N(C)C)c1)N1CCN(Cc2ccc(C(C)C)cc2)CC1.I. The molecule has 0 saturated carbocycles. The third kappa shape index (κ3) is 7.98. The number of carbonyl (C=O) groups excluding carboxylic acids is 1. The molecule has 1 fully saturated rings. The molecule has 1 heterocycles. The van der Waals surface area contributed by atoms with Crippen molar-refractivity contribution in [3.8, 4) is 0 Å². The second-order valence-electron chi connectivity index (χ2n) is 9.28. The number of nitrogens with zero attached hydrogens (tertiary/aromatic N) is 4. The van der Waals surface area contributed by atoms with Crippen LogP contribution in [0.15, 0.2) is 53.5 Å². The van der Waals surface area contributed by atoms with Crippen molar-refractivity contribution in [3.63, 3.8) is 0 Å². The Kier molecular flexibility index (Phi) is 11.3. The summed E-state index contributed by atoms with van der Waals surface area (Å²) in [5.41, 5.74) is 4.66. The maximum Gasteiger partial charge on any atom is 0.253 e. The van der Waals surface area contributed by atoms with Crippen molar-refractivity contribution in [2.24, 2.45) is 4.99 Å². The molecule has 34 heavy (non-hydrogen) atoms. The van der Waals surface area contributed by atoms with Crippen LogP contribution in [0.1, 0.15) is 46.8 Å². The first-order valence-corrected chi connectivity index (χ1v) is 11.9. The van der Waals surface area contributed by atoms with Gasteiger partial charge in [-0.25, -0.2) is 0 Å². The van der Waals surface area contributed by atoms with Gasteiger partial charge in [-0.3, -0.25) is 14.7 Å². The molecule has 0 spiro atoms. The Balaban J connectivity index is 0.00000408. The van der Waals surface area contributed by atoms with Crippen molar-refractivity contribution in [2.45, 2.75) is 32.7 Å². The van der Waals surface area contributed by atoms with Gasteiger partial charge in [-0.1, -0.05) is 50.2 Å². The van der Waals surface area contributed by atoms with Crippen molar-refractivity contribution in [3.05, 3.63) is 70.8 Å². The average Bonchev–Trinajstić information content (AvgIpc) is 2.82. The number of nitrogens with one attached hydrogen (secondary N) is 1. The van der Waals surface area contributed by atoms with E-state index < -0.39 is 0 Å². The van der Waals surface area contributed by atoms with E-state index >= 15 is 0 Å². The normalized spacial score (nSPS) is 14.6. The fraction of sp³-hybridized carbons (Fsp3) is 0.481. The summed E-state index contributed by atoms with van der Waals surface area (Å²) in [6.45, 7) is 10.3. The standard InChI is InChI=1S/C27H39N5O.HI/c1-21(2)24-11-9-23(10-12-24)20-31-15-17-32(18-16-31)27(28-3)29-14-13-22-7-6-8-25(19-22)26(33)30(4)5;/h6-12,19,21H,13-18,20H2,1-5H3,(H,28,29);1H. The van der Waals surface area contributed by atoms with Crippen LogP contribution in [0.25, 0.3) is 0 Å². The molecule has 186 valence electrons. The van der Waals surface area contributed by atoms with Crippen LogP contribution in [0.5, 0.6) is 0 Å². The average molecular weight is 578 g/mol. The molecule has 3 rings (SSSR count). The van der Waals surface area contributed by atoms with Crippen molar-refractivity contribution >= 4 is 35.8 Å². The number of benzene rings is 2. The smallest absolute Gasteiger partial charge is 0.253 e. The lowest BCUT2D eigenvalue weighted by Gasteiger charge is -2.36. The molecule has 1 aliphatic rings. The zero-order valence-electron chi connectivity index (χ0n) is 21.3. The van der Waals surface area contributed by atoms with Gasteiger partial charge in [0.25, 0.3) is 5.91 Å². The van der Waals surface area contributed by atoms with Gasteiger partial charge in [0.2, 0.25) is 0 Å².